The molecule has 1 aliphatic rings. The first-order chi connectivity index (χ1) is 12.4. The first-order valence-electron chi connectivity index (χ1n) is 8.51. The number of alkyl halides is 3. The second-order valence-electron chi connectivity index (χ2n) is 6.39. The molecule has 1 heterocycles. The van der Waals surface area contributed by atoms with Crippen LogP contribution in [0.2, 0.25) is 0 Å². The van der Waals surface area contributed by atoms with Gasteiger partial charge in [0, 0.05) is 25.9 Å². The maximum absolute atomic E-state index is 12.6. The zero-order valence-corrected chi connectivity index (χ0v) is 14.2. The molecule has 2 aromatic carbocycles. The molecule has 0 bridgehead atoms. The molecular formula is C20H20F3NO2. The van der Waals surface area contributed by atoms with E-state index in [0.717, 1.165) is 36.3 Å². The highest BCUT2D eigenvalue weighted by Gasteiger charge is 2.29. The average molecular weight is 363 g/mol. The summed E-state index contributed by atoms with van der Waals surface area (Å²) in [6, 6.07) is 12.5. The summed E-state index contributed by atoms with van der Waals surface area (Å²) in [6.07, 6.45) is -3.96. The van der Waals surface area contributed by atoms with E-state index in [1.807, 2.05) is 24.3 Å². The quantitative estimate of drug-likeness (QED) is 0.880. The van der Waals surface area contributed by atoms with E-state index in [0.29, 0.717) is 12.2 Å². The number of ketones is 1. The Morgan fingerprint density at radius 2 is 1.58 bits per heavy atom. The lowest BCUT2D eigenvalue weighted by Gasteiger charge is -2.24. The number of hydrogen-bond donors (Lipinski definition) is 1. The molecule has 3 nitrogen and oxygen atoms in total. The van der Waals surface area contributed by atoms with E-state index in [1.54, 1.807) is 0 Å². The Kier molecular flexibility index (Phi) is 5.74. The minimum absolute atomic E-state index is 0.0284. The molecule has 0 saturated carbocycles. The summed E-state index contributed by atoms with van der Waals surface area (Å²) in [4.78, 5) is 12.2. The third kappa shape index (κ3) is 4.93. The molecule has 26 heavy (non-hydrogen) atoms. The molecule has 0 aromatic heterocycles. The first kappa shape index (κ1) is 18.6. The number of morpholine rings is 1. The molecule has 0 spiro atoms. The number of hydrogen-bond acceptors (Lipinski definition) is 3. The van der Waals surface area contributed by atoms with Crippen LogP contribution in [0.15, 0.2) is 48.5 Å². The minimum Gasteiger partial charge on any atom is -0.371 e. The van der Waals surface area contributed by atoms with Gasteiger partial charge in [-0.1, -0.05) is 36.4 Å². The van der Waals surface area contributed by atoms with Gasteiger partial charge in [-0.05, 0) is 28.8 Å². The Labute approximate surface area is 150 Å². The number of halogens is 3. The summed E-state index contributed by atoms with van der Waals surface area (Å²) >= 11 is 0. The highest BCUT2D eigenvalue weighted by atomic mass is 19.4. The van der Waals surface area contributed by atoms with Crippen molar-refractivity contribution in [2.45, 2.75) is 25.1 Å². The zero-order chi connectivity index (χ0) is 18.6. The van der Waals surface area contributed by atoms with Crippen molar-refractivity contribution < 1.29 is 22.7 Å². The van der Waals surface area contributed by atoms with Gasteiger partial charge in [0.25, 0.3) is 0 Å². The first-order valence-corrected chi connectivity index (χ1v) is 8.51. The number of ether oxygens (including phenoxy) is 1. The van der Waals surface area contributed by atoms with Gasteiger partial charge in [-0.15, -0.1) is 0 Å². The van der Waals surface area contributed by atoms with Crippen molar-refractivity contribution in [1.29, 1.82) is 0 Å². The smallest absolute Gasteiger partial charge is 0.371 e. The molecule has 1 fully saturated rings. The third-order valence-electron chi connectivity index (χ3n) is 4.36. The van der Waals surface area contributed by atoms with E-state index in [2.05, 4.69) is 5.32 Å². The molecule has 0 aliphatic carbocycles. The molecule has 2 aromatic rings. The third-order valence-corrected chi connectivity index (χ3v) is 4.36. The van der Waals surface area contributed by atoms with E-state index in [-0.39, 0.29) is 24.7 Å². The largest absolute Gasteiger partial charge is 0.416 e. The Morgan fingerprint density at radius 3 is 2.08 bits per heavy atom. The van der Waals surface area contributed by atoms with Crippen molar-refractivity contribution in [3.8, 4) is 0 Å². The normalized spacial score (nSPS) is 17.9. The number of carbonyl (C=O) groups excluding carboxylic acids is 1. The van der Waals surface area contributed by atoms with Gasteiger partial charge >= 0.3 is 6.18 Å². The molecule has 6 heteroatoms. The minimum atomic E-state index is -4.36. The lowest BCUT2D eigenvalue weighted by molar-refractivity contribution is -0.137. The molecule has 1 unspecified atom stereocenters. The van der Waals surface area contributed by atoms with Crippen LogP contribution in [-0.4, -0.2) is 25.5 Å². The van der Waals surface area contributed by atoms with Crippen LogP contribution in [0.25, 0.3) is 0 Å². The Balaban J connectivity index is 1.56. The van der Waals surface area contributed by atoms with Crippen LogP contribution in [0, 0.1) is 0 Å². The SMILES string of the molecule is O=C(Cc1ccc(C2CNCCO2)cc1)Cc1ccc(C(F)(F)F)cc1. The van der Waals surface area contributed by atoms with Gasteiger partial charge < -0.3 is 10.1 Å². The van der Waals surface area contributed by atoms with Crippen molar-refractivity contribution in [3.63, 3.8) is 0 Å². The van der Waals surface area contributed by atoms with Crippen LogP contribution in [0.3, 0.4) is 0 Å². The van der Waals surface area contributed by atoms with Crippen LogP contribution in [0.4, 0.5) is 13.2 Å². The lowest BCUT2D eigenvalue weighted by atomic mass is 10.00. The number of benzene rings is 2. The predicted molar refractivity (Wildman–Crippen MR) is 91.9 cm³/mol. The fraction of sp³-hybridized carbons (Fsp3) is 0.350. The van der Waals surface area contributed by atoms with Crippen molar-refractivity contribution in [2.24, 2.45) is 0 Å². The molecule has 1 atom stereocenters. The standard InChI is InChI=1S/C20H20F3NO2/c21-20(22,23)17-7-3-15(4-8-17)12-18(25)11-14-1-5-16(6-2-14)19-13-24-9-10-26-19/h1-8,19,24H,9-13H2. The van der Waals surface area contributed by atoms with Gasteiger partial charge in [-0.2, -0.15) is 13.2 Å². The van der Waals surface area contributed by atoms with Gasteiger partial charge in [0.05, 0.1) is 18.3 Å². The van der Waals surface area contributed by atoms with E-state index in [4.69, 9.17) is 4.74 Å². The number of nitrogens with one attached hydrogen (secondary N) is 1. The topological polar surface area (TPSA) is 38.3 Å². The molecule has 0 amide bonds. The molecule has 138 valence electrons. The monoisotopic (exact) mass is 363 g/mol. The Hall–Kier alpha value is -2.18. The van der Waals surface area contributed by atoms with Crippen LogP contribution in [0.5, 0.6) is 0 Å². The van der Waals surface area contributed by atoms with Gasteiger partial charge in [0.1, 0.15) is 5.78 Å². The van der Waals surface area contributed by atoms with E-state index < -0.39 is 11.7 Å². The maximum Gasteiger partial charge on any atom is 0.416 e. The zero-order valence-electron chi connectivity index (χ0n) is 14.2. The summed E-state index contributed by atoms with van der Waals surface area (Å²) < 4.78 is 43.4. The predicted octanol–water partition coefficient (Wildman–Crippen LogP) is 3.72. The summed E-state index contributed by atoms with van der Waals surface area (Å²) in [7, 11) is 0. The van der Waals surface area contributed by atoms with E-state index >= 15 is 0 Å². The molecular weight excluding hydrogens is 343 g/mol. The van der Waals surface area contributed by atoms with Crippen LogP contribution < -0.4 is 5.32 Å². The number of rotatable bonds is 5. The summed E-state index contributed by atoms with van der Waals surface area (Å²) in [5.41, 5.74) is 1.83. The lowest BCUT2D eigenvalue weighted by Crippen LogP contribution is -2.33. The highest BCUT2D eigenvalue weighted by Crippen LogP contribution is 2.29. The summed E-state index contributed by atoms with van der Waals surface area (Å²) in [5.74, 6) is -0.0342. The number of carbonyl (C=O) groups is 1. The summed E-state index contributed by atoms with van der Waals surface area (Å²) in [6.45, 7) is 2.30. The molecule has 1 saturated heterocycles. The fourth-order valence-electron chi connectivity index (χ4n) is 2.96. The molecule has 0 radical (unpaired) electrons. The van der Waals surface area contributed by atoms with Crippen molar-refractivity contribution >= 4 is 5.78 Å². The Bertz CT molecular complexity index is 733. The van der Waals surface area contributed by atoms with Crippen LogP contribution in [0.1, 0.15) is 28.4 Å². The van der Waals surface area contributed by atoms with Crippen LogP contribution >= 0.6 is 0 Å². The maximum atomic E-state index is 12.6. The van der Waals surface area contributed by atoms with Crippen LogP contribution in [-0.2, 0) is 28.5 Å². The van der Waals surface area contributed by atoms with E-state index in [9.17, 15) is 18.0 Å². The van der Waals surface area contributed by atoms with Crippen molar-refractivity contribution in [1.82, 2.24) is 5.32 Å². The summed E-state index contributed by atoms with van der Waals surface area (Å²) in [5, 5.41) is 3.27. The second kappa shape index (κ2) is 8.01. The van der Waals surface area contributed by atoms with E-state index in [1.165, 1.54) is 12.1 Å². The number of Topliss-reactive ketones (excluding diaryl/α,β-unsaturated/α-hetero) is 1. The second-order valence-corrected chi connectivity index (χ2v) is 6.39. The average Bonchev–Trinajstić information content (AvgIpc) is 2.63. The van der Waals surface area contributed by atoms with Gasteiger partial charge in [-0.25, -0.2) is 0 Å². The highest BCUT2D eigenvalue weighted by molar-refractivity contribution is 5.83. The van der Waals surface area contributed by atoms with Gasteiger partial charge in [0.15, 0.2) is 0 Å². The fourth-order valence-corrected chi connectivity index (χ4v) is 2.96. The van der Waals surface area contributed by atoms with Gasteiger partial charge in [0.2, 0.25) is 0 Å². The Morgan fingerprint density at radius 1 is 1.00 bits per heavy atom. The van der Waals surface area contributed by atoms with Crippen molar-refractivity contribution in [2.75, 3.05) is 19.7 Å². The molecule has 3 rings (SSSR count). The van der Waals surface area contributed by atoms with Crippen molar-refractivity contribution in [3.05, 3.63) is 70.8 Å². The molecule has 1 N–H and O–H groups in total. The van der Waals surface area contributed by atoms with Gasteiger partial charge in [-0.3, -0.25) is 4.79 Å². The molecule has 1 aliphatic heterocycles.